The van der Waals surface area contributed by atoms with Crippen molar-refractivity contribution in [3.05, 3.63) is 60.6 Å². The lowest BCUT2D eigenvalue weighted by Gasteiger charge is -2.18. The average Bonchev–Trinajstić information content (AvgIpc) is 2.55. The van der Waals surface area contributed by atoms with Crippen LogP contribution in [0.25, 0.3) is 5.69 Å². The number of nitrogens with zero attached hydrogens (tertiary/aromatic N) is 3. The maximum Gasteiger partial charge on any atom is 0.357 e. The van der Waals surface area contributed by atoms with Crippen molar-refractivity contribution in [1.29, 1.82) is 0 Å². The zero-order valence-electron chi connectivity index (χ0n) is 13.6. The minimum absolute atomic E-state index is 0.0600. The zero-order chi connectivity index (χ0) is 18.6. The van der Waals surface area contributed by atoms with E-state index < -0.39 is 22.1 Å². The molecule has 1 aromatic heterocycles. The van der Waals surface area contributed by atoms with Gasteiger partial charge in [0.15, 0.2) is 0 Å². The van der Waals surface area contributed by atoms with E-state index in [1.807, 2.05) is 0 Å². The third-order valence-corrected chi connectivity index (χ3v) is 4.13. The second-order valence-electron chi connectivity index (χ2n) is 5.12. The lowest BCUT2D eigenvalue weighted by atomic mass is 10.2. The van der Waals surface area contributed by atoms with Crippen LogP contribution in [0.15, 0.2) is 41.3 Å². The predicted molar refractivity (Wildman–Crippen MR) is 101 cm³/mol. The second-order valence-corrected chi connectivity index (χ2v) is 6.36. The number of ether oxygens (including phenoxy) is 1. The van der Waals surface area contributed by atoms with Crippen LogP contribution >= 0.6 is 22.6 Å². The Morgan fingerprint density at radius 1 is 1.32 bits per heavy atom. The molecule has 2 aromatic rings. The first-order valence-electron chi connectivity index (χ1n) is 7.38. The van der Waals surface area contributed by atoms with Gasteiger partial charge in [-0.2, -0.15) is 0 Å². The number of halogens is 1. The van der Waals surface area contributed by atoms with Crippen molar-refractivity contribution >= 4 is 39.9 Å². The summed E-state index contributed by atoms with van der Waals surface area (Å²) in [6.45, 7) is 1.69. The first-order chi connectivity index (χ1) is 11.8. The van der Waals surface area contributed by atoms with Crippen LogP contribution in [-0.2, 0) is 9.53 Å². The summed E-state index contributed by atoms with van der Waals surface area (Å²) in [5.74, 6) is -0.527. The summed E-state index contributed by atoms with van der Waals surface area (Å²) in [6, 6.07) is 8.45. The summed E-state index contributed by atoms with van der Waals surface area (Å²) in [5.41, 5.74) is -0.773. The first-order valence-corrected chi connectivity index (χ1v) is 8.45. The maximum absolute atomic E-state index is 12.6. The summed E-state index contributed by atoms with van der Waals surface area (Å²) in [7, 11) is 1.49. The molecule has 0 unspecified atom stereocenters. The number of nitro groups is 1. The van der Waals surface area contributed by atoms with Crippen molar-refractivity contribution in [3.63, 3.8) is 0 Å². The SMILES string of the molecule is CCOC(=O)CN(C)c1ccn(-c2ccc(I)cc2)c(=O)c1[N+](=O)[O-]. The number of rotatable bonds is 6. The minimum Gasteiger partial charge on any atom is -0.465 e. The molecule has 0 spiro atoms. The zero-order valence-corrected chi connectivity index (χ0v) is 15.8. The molecule has 0 saturated heterocycles. The molecular weight excluding hydrogens is 441 g/mol. The molecule has 0 N–H and O–H groups in total. The number of esters is 1. The van der Waals surface area contributed by atoms with Crippen molar-refractivity contribution in [1.82, 2.24) is 4.57 Å². The van der Waals surface area contributed by atoms with E-state index in [2.05, 4.69) is 22.6 Å². The molecule has 0 amide bonds. The molecule has 8 nitrogen and oxygen atoms in total. The standard InChI is InChI=1S/C16H16IN3O5/c1-3-25-14(21)10-18(2)13-8-9-19(16(22)15(13)20(23)24)12-6-4-11(17)5-7-12/h4-9H,3,10H2,1-2H3. The highest BCUT2D eigenvalue weighted by Crippen LogP contribution is 2.24. The number of hydrogen-bond acceptors (Lipinski definition) is 6. The van der Waals surface area contributed by atoms with Crippen molar-refractivity contribution in [2.75, 3.05) is 25.1 Å². The Labute approximate surface area is 157 Å². The van der Waals surface area contributed by atoms with E-state index in [1.165, 1.54) is 28.8 Å². The fourth-order valence-electron chi connectivity index (χ4n) is 2.29. The minimum atomic E-state index is -0.764. The van der Waals surface area contributed by atoms with E-state index in [-0.39, 0.29) is 18.8 Å². The smallest absolute Gasteiger partial charge is 0.357 e. The molecule has 25 heavy (non-hydrogen) atoms. The van der Waals surface area contributed by atoms with E-state index in [0.29, 0.717) is 5.69 Å². The molecule has 9 heteroatoms. The van der Waals surface area contributed by atoms with Gasteiger partial charge in [0, 0.05) is 22.5 Å². The van der Waals surface area contributed by atoms with Gasteiger partial charge >= 0.3 is 17.2 Å². The number of aromatic nitrogens is 1. The molecule has 0 atom stereocenters. The number of carbonyl (C=O) groups excluding carboxylic acids is 1. The Kier molecular flexibility index (Phi) is 6.12. The normalized spacial score (nSPS) is 10.4. The van der Waals surface area contributed by atoms with Gasteiger partial charge in [-0.05, 0) is 59.8 Å². The van der Waals surface area contributed by atoms with Crippen molar-refractivity contribution in [3.8, 4) is 5.69 Å². The summed E-state index contributed by atoms with van der Waals surface area (Å²) in [6.07, 6.45) is 1.45. The summed E-state index contributed by atoms with van der Waals surface area (Å²) < 4.78 is 7.02. The van der Waals surface area contributed by atoms with E-state index in [9.17, 15) is 19.7 Å². The lowest BCUT2D eigenvalue weighted by molar-refractivity contribution is -0.385. The molecule has 2 rings (SSSR count). The van der Waals surface area contributed by atoms with E-state index >= 15 is 0 Å². The van der Waals surface area contributed by atoms with Crippen LogP contribution in [0.1, 0.15) is 6.92 Å². The van der Waals surface area contributed by atoms with Gasteiger partial charge in [-0.3, -0.25) is 24.3 Å². The van der Waals surface area contributed by atoms with Gasteiger partial charge in [0.05, 0.1) is 11.5 Å². The molecule has 0 fully saturated rings. The molecule has 0 aliphatic rings. The van der Waals surface area contributed by atoms with Gasteiger partial charge in [0.25, 0.3) is 0 Å². The number of hydrogen-bond donors (Lipinski definition) is 0. The number of likely N-dealkylation sites (N-methyl/N-ethyl adjacent to an activating group) is 1. The summed E-state index contributed by atoms with van der Waals surface area (Å²) in [4.78, 5) is 36.2. The van der Waals surface area contributed by atoms with Gasteiger partial charge in [0.2, 0.25) is 0 Å². The Morgan fingerprint density at radius 2 is 1.96 bits per heavy atom. The Hall–Kier alpha value is -2.43. The fourth-order valence-corrected chi connectivity index (χ4v) is 2.65. The second kappa shape index (κ2) is 8.10. The van der Waals surface area contributed by atoms with Crippen LogP contribution in [0.3, 0.4) is 0 Å². The molecule has 0 bridgehead atoms. The third-order valence-electron chi connectivity index (χ3n) is 3.42. The van der Waals surface area contributed by atoms with Crippen LogP contribution < -0.4 is 10.5 Å². The van der Waals surface area contributed by atoms with Crippen LogP contribution in [0.5, 0.6) is 0 Å². The largest absolute Gasteiger partial charge is 0.465 e. The fraction of sp³-hybridized carbons (Fsp3) is 0.250. The van der Waals surface area contributed by atoms with Gasteiger partial charge in [-0.1, -0.05) is 0 Å². The number of anilines is 1. The highest BCUT2D eigenvalue weighted by molar-refractivity contribution is 14.1. The Bertz CT molecular complexity index is 848. The number of carbonyl (C=O) groups is 1. The highest BCUT2D eigenvalue weighted by atomic mass is 127. The number of pyridine rings is 1. The quantitative estimate of drug-likeness (QED) is 0.286. The topological polar surface area (TPSA) is 94.7 Å². The van der Waals surface area contributed by atoms with Crippen LogP contribution in [0, 0.1) is 13.7 Å². The van der Waals surface area contributed by atoms with Crippen LogP contribution in [0.4, 0.5) is 11.4 Å². The van der Waals surface area contributed by atoms with E-state index in [0.717, 1.165) is 3.57 Å². The molecule has 1 aromatic carbocycles. The van der Waals surface area contributed by atoms with Gasteiger partial charge < -0.3 is 9.64 Å². The van der Waals surface area contributed by atoms with Crippen molar-refractivity contribution in [2.24, 2.45) is 0 Å². The van der Waals surface area contributed by atoms with Gasteiger partial charge in [-0.15, -0.1) is 0 Å². The van der Waals surface area contributed by atoms with E-state index in [1.54, 1.807) is 31.2 Å². The van der Waals surface area contributed by atoms with Gasteiger partial charge in [0.1, 0.15) is 12.2 Å². The van der Waals surface area contributed by atoms with Crippen LogP contribution in [0.2, 0.25) is 0 Å². The summed E-state index contributed by atoms with van der Waals surface area (Å²) in [5, 5.41) is 11.4. The van der Waals surface area contributed by atoms with Gasteiger partial charge in [-0.25, -0.2) is 0 Å². The first kappa shape index (κ1) is 18.9. The predicted octanol–water partition coefficient (Wildman–Crippen LogP) is 2.35. The molecule has 1 heterocycles. The molecule has 0 radical (unpaired) electrons. The maximum atomic E-state index is 12.6. The molecule has 0 aliphatic carbocycles. The molecule has 132 valence electrons. The molecular formula is C16H16IN3O5. The van der Waals surface area contributed by atoms with Crippen molar-refractivity contribution < 1.29 is 14.5 Å². The molecule has 0 saturated carbocycles. The highest BCUT2D eigenvalue weighted by Gasteiger charge is 2.25. The Morgan fingerprint density at radius 3 is 2.52 bits per heavy atom. The Balaban J connectivity index is 2.48. The van der Waals surface area contributed by atoms with Crippen LogP contribution in [-0.4, -0.2) is 35.7 Å². The summed E-state index contributed by atoms with van der Waals surface area (Å²) >= 11 is 2.13. The molecule has 0 aliphatic heterocycles. The monoisotopic (exact) mass is 457 g/mol. The third kappa shape index (κ3) is 4.35. The van der Waals surface area contributed by atoms with E-state index in [4.69, 9.17) is 4.74 Å². The average molecular weight is 457 g/mol. The number of benzene rings is 1. The lowest BCUT2D eigenvalue weighted by Crippen LogP contribution is -2.30. The van der Waals surface area contributed by atoms with Crippen molar-refractivity contribution in [2.45, 2.75) is 6.92 Å².